The van der Waals surface area contributed by atoms with Crippen LogP contribution in [-0.2, 0) is 11.4 Å². The maximum absolute atomic E-state index is 12.1. The Morgan fingerprint density at radius 2 is 2.10 bits per heavy atom. The van der Waals surface area contributed by atoms with Crippen LogP contribution in [0.15, 0.2) is 29.1 Å². The van der Waals surface area contributed by atoms with Gasteiger partial charge in [0.05, 0.1) is 11.5 Å². The van der Waals surface area contributed by atoms with Crippen LogP contribution in [0.2, 0.25) is 0 Å². The molecule has 0 radical (unpaired) electrons. The molecule has 0 bridgehead atoms. The van der Waals surface area contributed by atoms with Crippen LogP contribution in [0, 0.1) is 0 Å². The molecule has 7 nitrogen and oxygen atoms in total. The summed E-state index contributed by atoms with van der Waals surface area (Å²) in [6.45, 7) is 3.64. The highest BCUT2D eigenvalue weighted by molar-refractivity contribution is 6.04. The molecule has 1 aromatic carbocycles. The predicted molar refractivity (Wildman–Crippen MR) is 76.8 cm³/mol. The van der Waals surface area contributed by atoms with Crippen molar-refractivity contribution in [2.75, 3.05) is 6.61 Å². The fraction of sp³-hybridized carbons (Fsp3) is 0.357. The molecule has 0 spiro atoms. The van der Waals surface area contributed by atoms with Gasteiger partial charge in [-0.05, 0) is 19.9 Å². The first-order valence-corrected chi connectivity index (χ1v) is 6.64. The van der Waals surface area contributed by atoms with E-state index in [9.17, 15) is 9.59 Å². The molecule has 0 aliphatic rings. The van der Waals surface area contributed by atoms with Gasteiger partial charge in [0.2, 0.25) is 0 Å². The molecule has 1 amide bonds. The third-order valence-electron chi connectivity index (χ3n) is 2.87. The van der Waals surface area contributed by atoms with Crippen molar-refractivity contribution >= 4 is 16.7 Å². The smallest absolute Gasteiger partial charge is 0.295 e. The number of benzene rings is 1. The van der Waals surface area contributed by atoms with E-state index in [0.717, 1.165) is 0 Å². The summed E-state index contributed by atoms with van der Waals surface area (Å²) in [5.41, 5.74) is 2.08. The number of fused-ring (bicyclic) bond motifs is 1. The SMILES string of the molecule is CCn1nc(C(=O)NOCC(C)O)c2ccccc2c1=O. The monoisotopic (exact) mass is 291 g/mol. The van der Waals surface area contributed by atoms with E-state index >= 15 is 0 Å². The Kier molecular flexibility index (Phi) is 4.66. The van der Waals surface area contributed by atoms with Crippen molar-refractivity contribution in [3.05, 3.63) is 40.3 Å². The quantitative estimate of drug-likeness (QED) is 0.781. The zero-order chi connectivity index (χ0) is 15.4. The van der Waals surface area contributed by atoms with Crippen LogP contribution in [0.1, 0.15) is 24.3 Å². The molecule has 0 aliphatic heterocycles. The highest BCUT2D eigenvalue weighted by atomic mass is 16.7. The second-order valence-electron chi connectivity index (χ2n) is 4.61. The average molecular weight is 291 g/mol. The molecule has 2 rings (SSSR count). The highest BCUT2D eigenvalue weighted by Gasteiger charge is 2.16. The fourth-order valence-corrected chi connectivity index (χ4v) is 1.89. The molecule has 0 saturated heterocycles. The van der Waals surface area contributed by atoms with Gasteiger partial charge in [-0.3, -0.25) is 14.4 Å². The zero-order valence-electron chi connectivity index (χ0n) is 11.9. The highest BCUT2D eigenvalue weighted by Crippen LogP contribution is 2.13. The van der Waals surface area contributed by atoms with E-state index in [1.54, 1.807) is 31.2 Å². The van der Waals surface area contributed by atoms with Crippen LogP contribution >= 0.6 is 0 Å². The second kappa shape index (κ2) is 6.47. The third kappa shape index (κ3) is 3.26. The lowest BCUT2D eigenvalue weighted by molar-refractivity contribution is -0.00712. The van der Waals surface area contributed by atoms with E-state index in [1.165, 1.54) is 11.6 Å². The van der Waals surface area contributed by atoms with Crippen molar-refractivity contribution in [3.8, 4) is 0 Å². The predicted octanol–water partition coefficient (Wildman–Crippen LogP) is 0.459. The number of carbonyl (C=O) groups excluding carboxylic acids is 1. The van der Waals surface area contributed by atoms with E-state index in [1.807, 2.05) is 0 Å². The minimum Gasteiger partial charge on any atom is -0.391 e. The van der Waals surface area contributed by atoms with Crippen molar-refractivity contribution in [2.24, 2.45) is 0 Å². The molecule has 1 atom stereocenters. The first-order chi connectivity index (χ1) is 10.0. The topological polar surface area (TPSA) is 93.5 Å². The van der Waals surface area contributed by atoms with E-state index in [-0.39, 0.29) is 17.9 Å². The molecule has 7 heteroatoms. The molecule has 1 aromatic heterocycles. The van der Waals surface area contributed by atoms with Crippen molar-refractivity contribution in [3.63, 3.8) is 0 Å². The Morgan fingerprint density at radius 3 is 2.71 bits per heavy atom. The average Bonchev–Trinajstić information content (AvgIpc) is 2.47. The van der Waals surface area contributed by atoms with Gasteiger partial charge in [-0.25, -0.2) is 10.2 Å². The Morgan fingerprint density at radius 1 is 1.43 bits per heavy atom. The van der Waals surface area contributed by atoms with Crippen LogP contribution in [0.4, 0.5) is 0 Å². The number of amides is 1. The Balaban J connectivity index is 2.41. The number of aliphatic hydroxyl groups is 1. The number of rotatable bonds is 5. The number of aromatic nitrogens is 2. The number of carbonyl (C=O) groups is 1. The first kappa shape index (κ1) is 15.1. The molecular formula is C14H17N3O4. The summed E-state index contributed by atoms with van der Waals surface area (Å²) in [5.74, 6) is -0.561. The maximum atomic E-state index is 12.1. The summed E-state index contributed by atoms with van der Waals surface area (Å²) in [4.78, 5) is 29.2. The van der Waals surface area contributed by atoms with Crippen LogP contribution in [-0.4, -0.2) is 33.5 Å². The Labute approximate surface area is 121 Å². The van der Waals surface area contributed by atoms with Crippen LogP contribution in [0.3, 0.4) is 0 Å². The molecule has 112 valence electrons. The lowest BCUT2D eigenvalue weighted by Crippen LogP contribution is -2.32. The van der Waals surface area contributed by atoms with Crippen LogP contribution in [0.25, 0.3) is 10.8 Å². The largest absolute Gasteiger partial charge is 0.391 e. The number of nitrogens with one attached hydrogen (secondary N) is 1. The van der Waals surface area contributed by atoms with Gasteiger partial charge >= 0.3 is 0 Å². The van der Waals surface area contributed by atoms with Crippen molar-refractivity contribution in [1.29, 1.82) is 0 Å². The van der Waals surface area contributed by atoms with Gasteiger partial charge in [0.1, 0.15) is 6.61 Å². The fourth-order valence-electron chi connectivity index (χ4n) is 1.89. The van der Waals surface area contributed by atoms with Gasteiger partial charge in [-0.2, -0.15) is 5.10 Å². The second-order valence-corrected chi connectivity index (χ2v) is 4.61. The first-order valence-electron chi connectivity index (χ1n) is 6.64. The van der Waals surface area contributed by atoms with Gasteiger partial charge < -0.3 is 5.11 Å². The van der Waals surface area contributed by atoms with Crippen LogP contribution < -0.4 is 11.0 Å². The Bertz CT molecular complexity index is 709. The number of hydroxylamine groups is 1. The molecule has 0 aliphatic carbocycles. The molecule has 21 heavy (non-hydrogen) atoms. The van der Waals surface area contributed by atoms with Crippen molar-refractivity contribution in [2.45, 2.75) is 26.5 Å². The molecule has 0 saturated carbocycles. The molecule has 0 fully saturated rings. The minimum atomic E-state index is -0.695. The molecule has 1 unspecified atom stereocenters. The molecule has 2 aromatic rings. The number of hydrogen-bond donors (Lipinski definition) is 2. The lowest BCUT2D eigenvalue weighted by Gasteiger charge is -2.10. The van der Waals surface area contributed by atoms with E-state index in [4.69, 9.17) is 9.94 Å². The number of nitrogens with zero attached hydrogens (tertiary/aromatic N) is 2. The number of aliphatic hydroxyl groups excluding tert-OH is 1. The van der Waals surface area contributed by atoms with Gasteiger partial charge in [-0.15, -0.1) is 0 Å². The lowest BCUT2D eigenvalue weighted by atomic mass is 10.1. The van der Waals surface area contributed by atoms with Crippen molar-refractivity contribution in [1.82, 2.24) is 15.3 Å². The summed E-state index contributed by atoms with van der Waals surface area (Å²) in [5, 5.41) is 14.0. The minimum absolute atomic E-state index is 0.0307. The third-order valence-corrected chi connectivity index (χ3v) is 2.87. The van der Waals surface area contributed by atoms with Gasteiger partial charge in [-0.1, -0.05) is 18.2 Å². The number of hydrogen-bond acceptors (Lipinski definition) is 5. The maximum Gasteiger partial charge on any atom is 0.295 e. The van der Waals surface area contributed by atoms with Gasteiger partial charge in [0, 0.05) is 11.9 Å². The van der Waals surface area contributed by atoms with Gasteiger partial charge in [0.25, 0.3) is 11.5 Å². The van der Waals surface area contributed by atoms with Crippen molar-refractivity contribution < 1.29 is 14.7 Å². The summed E-state index contributed by atoms with van der Waals surface area (Å²) in [6.07, 6.45) is -0.695. The van der Waals surface area contributed by atoms with E-state index in [0.29, 0.717) is 17.3 Å². The summed E-state index contributed by atoms with van der Waals surface area (Å²) in [7, 11) is 0. The summed E-state index contributed by atoms with van der Waals surface area (Å²) < 4.78 is 1.23. The summed E-state index contributed by atoms with van der Waals surface area (Å²) >= 11 is 0. The number of aryl methyl sites for hydroxylation is 1. The summed E-state index contributed by atoms with van der Waals surface area (Å²) in [6, 6.07) is 6.77. The standard InChI is InChI=1S/C14H17N3O4/c1-3-17-14(20)11-7-5-4-6-10(11)12(15-17)13(19)16-21-8-9(2)18/h4-7,9,18H,3,8H2,1-2H3,(H,16,19). The molecule has 1 heterocycles. The van der Waals surface area contributed by atoms with E-state index in [2.05, 4.69) is 10.6 Å². The zero-order valence-corrected chi connectivity index (χ0v) is 11.9. The molecule has 2 N–H and O–H groups in total. The van der Waals surface area contributed by atoms with E-state index < -0.39 is 12.0 Å². The molecular weight excluding hydrogens is 274 g/mol. The van der Waals surface area contributed by atoms with Crippen LogP contribution in [0.5, 0.6) is 0 Å². The van der Waals surface area contributed by atoms with Gasteiger partial charge in [0.15, 0.2) is 5.69 Å². The Hall–Kier alpha value is -2.25. The normalized spacial score (nSPS) is 12.3.